The van der Waals surface area contributed by atoms with Crippen LogP contribution in [-0.2, 0) is 6.54 Å². The number of hydrogen-bond acceptors (Lipinski definition) is 7. The van der Waals surface area contributed by atoms with Crippen LogP contribution >= 0.6 is 11.3 Å². The van der Waals surface area contributed by atoms with Gasteiger partial charge in [0.05, 0.1) is 5.69 Å². The summed E-state index contributed by atoms with van der Waals surface area (Å²) in [5, 5.41) is 5.87. The molecule has 1 aromatic heterocycles. The number of thiazole rings is 1. The topological polar surface area (TPSA) is 96.0 Å². The molecule has 0 bridgehead atoms. The lowest BCUT2D eigenvalue weighted by Crippen LogP contribution is -2.48. The van der Waals surface area contributed by atoms with Gasteiger partial charge in [0.2, 0.25) is 6.79 Å². The van der Waals surface area contributed by atoms with E-state index < -0.39 is 6.03 Å². The molecule has 2 aromatic carbocycles. The van der Waals surface area contributed by atoms with Gasteiger partial charge in [0.25, 0.3) is 5.91 Å². The van der Waals surface area contributed by atoms with Gasteiger partial charge in [-0.2, -0.15) is 0 Å². The number of anilines is 2. The van der Waals surface area contributed by atoms with Gasteiger partial charge in [0.15, 0.2) is 16.6 Å². The zero-order valence-corrected chi connectivity index (χ0v) is 19.6. The van der Waals surface area contributed by atoms with Crippen molar-refractivity contribution in [1.82, 2.24) is 14.8 Å². The van der Waals surface area contributed by atoms with Gasteiger partial charge in [-0.25, -0.2) is 9.78 Å². The molecule has 3 aromatic rings. The van der Waals surface area contributed by atoms with E-state index in [1.807, 2.05) is 41.3 Å². The Labute approximate surface area is 201 Å². The summed E-state index contributed by atoms with van der Waals surface area (Å²) in [5.41, 5.74) is 2.46. The van der Waals surface area contributed by atoms with Crippen molar-refractivity contribution in [3.8, 4) is 11.5 Å². The summed E-state index contributed by atoms with van der Waals surface area (Å²) in [5.74, 6) is 1.52. The molecule has 1 saturated heterocycles. The third kappa shape index (κ3) is 4.97. The molecule has 5 rings (SSSR count). The highest BCUT2D eigenvalue weighted by atomic mass is 32.1. The molecule has 0 radical (unpaired) electrons. The van der Waals surface area contributed by atoms with Crippen LogP contribution in [0.15, 0.2) is 48.5 Å². The normalized spacial score (nSPS) is 15.3. The van der Waals surface area contributed by atoms with E-state index in [1.165, 1.54) is 11.3 Å². The number of piperazine rings is 1. The van der Waals surface area contributed by atoms with Crippen LogP contribution in [0, 0.1) is 6.92 Å². The fourth-order valence-corrected chi connectivity index (χ4v) is 4.91. The smallest absolute Gasteiger partial charge is 0.325 e. The molecule has 2 aliphatic rings. The van der Waals surface area contributed by atoms with Gasteiger partial charge in [0.1, 0.15) is 4.88 Å². The monoisotopic (exact) mass is 479 g/mol. The number of urea groups is 1. The molecule has 34 heavy (non-hydrogen) atoms. The SMILES string of the molecule is Cc1nc(NC(=O)Nc2ccccc2)sc1C(=O)N1CCN(Cc2ccc3c(c2)OCO3)CC1. The molecular weight excluding hydrogens is 454 g/mol. The van der Waals surface area contributed by atoms with Gasteiger partial charge in [-0.15, -0.1) is 0 Å². The first-order chi connectivity index (χ1) is 16.5. The van der Waals surface area contributed by atoms with Crippen LogP contribution in [0.5, 0.6) is 11.5 Å². The maximum absolute atomic E-state index is 13.1. The molecular formula is C24H25N5O4S. The molecule has 0 spiro atoms. The highest BCUT2D eigenvalue weighted by molar-refractivity contribution is 7.17. The van der Waals surface area contributed by atoms with Crippen molar-refractivity contribution in [3.63, 3.8) is 0 Å². The molecule has 3 heterocycles. The average Bonchev–Trinajstić information content (AvgIpc) is 3.45. The van der Waals surface area contributed by atoms with E-state index in [0.29, 0.717) is 34.5 Å². The largest absolute Gasteiger partial charge is 0.454 e. The van der Waals surface area contributed by atoms with E-state index in [4.69, 9.17) is 9.47 Å². The number of benzene rings is 2. The summed E-state index contributed by atoms with van der Waals surface area (Å²) in [6.07, 6.45) is 0. The number of ether oxygens (including phenoxy) is 2. The van der Waals surface area contributed by atoms with Crippen LogP contribution in [-0.4, -0.2) is 59.7 Å². The Bertz CT molecular complexity index is 1190. The standard InChI is InChI=1S/C24H25N5O4S/c1-16-21(34-24(25-16)27-23(31)26-18-5-3-2-4-6-18)22(30)29-11-9-28(10-12-29)14-17-7-8-19-20(13-17)33-15-32-19/h2-8,13H,9-12,14-15H2,1H3,(H2,25,26,27,31). The van der Waals surface area contributed by atoms with Crippen molar-refractivity contribution in [2.24, 2.45) is 0 Å². The number of nitrogens with zero attached hydrogens (tertiary/aromatic N) is 3. The van der Waals surface area contributed by atoms with Gasteiger partial charge in [0, 0.05) is 38.4 Å². The third-order valence-corrected chi connectivity index (χ3v) is 6.81. The van der Waals surface area contributed by atoms with Crippen molar-refractivity contribution < 1.29 is 19.1 Å². The Balaban J connectivity index is 1.15. The maximum atomic E-state index is 13.1. The number of carbonyl (C=O) groups excluding carboxylic acids is 2. The fraction of sp³-hybridized carbons (Fsp3) is 0.292. The van der Waals surface area contributed by atoms with Crippen molar-refractivity contribution in [2.45, 2.75) is 13.5 Å². The Morgan fingerprint density at radius 1 is 1.00 bits per heavy atom. The molecule has 10 heteroatoms. The van der Waals surface area contributed by atoms with Crippen molar-refractivity contribution >= 4 is 34.1 Å². The first-order valence-corrected chi connectivity index (χ1v) is 11.9. The van der Waals surface area contributed by atoms with Crippen molar-refractivity contribution in [3.05, 3.63) is 64.7 Å². The molecule has 2 aliphatic heterocycles. The van der Waals surface area contributed by atoms with Crippen LogP contribution in [0.2, 0.25) is 0 Å². The minimum Gasteiger partial charge on any atom is -0.454 e. The quantitative estimate of drug-likeness (QED) is 0.578. The summed E-state index contributed by atoms with van der Waals surface area (Å²) < 4.78 is 10.8. The van der Waals surface area contributed by atoms with Crippen LogP contribution < -0.4 is 20.1 Å². The molecule has 0 unspecified atom stereocenters. The summed E-state index contributed by atoms with van der Waals surface area (Å²) in [4.78, 5) is 34.5. The number of para-hydroxylation sites is 1. The van der Waals surface area contributed by atoms with Gasteiger partial charge in [-0.1, -0.05) is 35.6 Å². The predicted molar refractivity (Wildman–Crippen MR) is 130 cm³/mol. The number of fused-ring (bicyclic) bond motifs is 1. The molecule has 1 fully saturated rings. The zero-order valence-electron chi connectivity index (χ0n) is 18.7. The molecule has 9 nitrogen and oxygen atoms in total. The van der Waals surface area contributed by atoms with Crippen LogP contribution in [0.1, 0.15) is 20.9 Å². The molecule has 0 atom stereocenters. The number of aromatic nitrogens is 1. The summed E-state index contributed by atoms with van der Waals surface area (Å²) in [7, 11) is 0. The van der Waals surface area contributed by atoms with E-state index in [1.54, 1.807) is 19.1 Å². The lowest BCUT2D eigenvalue weighted by Gasteiger charge is -2.34. The van der Waals surface area contributed by atoms with Crippen LogP contribution in [0.25, 0.3) is 0 Å². The highest BCUT2D eigenvalue weighted by Crippen LogP contribution is 2.33. The first kappa shape index (κ1) is 22.2. The first-order valence-electron chi connectivity index (χ1n) is 11.1. The van der Waals surface area contributed by atoms with E-state index in [0.717, 1.165) is 36.7 Å². The minimum atomic E-state index is -0.393. The minimum absolute atomic E-state index is 0.0470. The number of carbonyl (C=O) groups is 2. The van der Waals surface area contributed by atoms with Gasteiger partial charge in [-0.05, 0) is 36.8 Å². The van der Waals surface area contributed by atoms with Crippen LogP contribution in [0.3, 0.4) is 0 Å². The number of hydrogen-bond donors (Lipinski definition) is 2. The Morgan fingerprint density at radius 3 is 2.56 bits per heavy atom. The maximum Gasteiger partial charge on any atom is 0.325 e. The van der Waals surface area contributed by atoms with E-state index >= 15 is 0 Å². The lowest BCUT2D eigenvalue weighted by molar-refractivity contribution is 0.0632. The molecule has 2 N–H and O–H groups in total. The molecule has 0 aliphatic carbocycles. The zero-order chi connectivity index (χ0) is 23.5. The van der Waals surface area contributed by atoms with E-state index in [-0.39, 0.29) is 12.7 Å². The number of amides is 3. The average molecular weight is 480 g/mol. The summed E-state index contributed by atoms with van der Waals surface area (Å²) >= 11 is 1.20. The second kappa shape index (κ2) is 9.70. The molecule has 176 valence electrons. The highest BCUT2D eigenvalue weighted by Gasteiger charge is 2.26. The predicted octanol–water partition coefficient (Wildman–Crippen LogP) is 3.78. The Morgan fingerprint density at radius 2 is 1.76 bits per heavy atom. The Hall–Kier alpha value is -3.63. The van der Waals surface area contributed by atoms with E-state index in [9.17, 15) is 9.59 Å². The number of nitrogens with one attached hydrogen (secondary N) is 2. The summed E-state index contributed by atoms with van der Waals surface area (Å²) in [6.45, 7) is 5.69. The van der Waals surface area contributed by atoms with Gasteiger partial charge < -0.3 is 19.7 Å². The Kier molecular flexibility index (Phi) is 6.33. The van der Waals surface area contributed by atoms with Crippen molar-refractivity contribution in [1.29, 1.82) is 0 Å². The van der Waals surface area contributed by atoms with Gasteiger partial charge in [-0.3, -0.25) is 15.0 Å². The molecule has 0 saturated carbocycles. The van der Waals surface area contributed by atoms with Crippen molar-refractivity contribution in [2.75, 3.05) is 43.6 Å². The van der Waals surface area contributed by atoms with E-state index in [2.05, 4.69) is 20.5 Å². The number of aryl methyl sites for hydroxylation is 1. The fourth-order valence-electron chi connectivity index (χ4n) is 3.98. The van der Waals surface area contributed by atoms with Gasteiger partial charge >= 0.3 is 6.03 Å². The summed E-state index contributed by atoms with van der Waals surface area (Å²) in [6, 6.07) is 14.8. The lowest BCUT2D eigenvalue weighted by atomic mass is 10.1. The molecule has 3 amide bonds. The number of rotatable bonds is 5. The second-order valence-electron chi connectivity index (χ2n) is 8.13. The second-order valence-corrected chi connectivity index (χ2v) is 9.13. The van der Waals surface area contributed by atoms with Crippen LogP contribution in [0.4, 0.5) is 15.6 Å². The third-order valence-electron chi connectivity index (χ3n) is 5.75.